The number of alkyl carbamates (subject to hydrolysis) is 1. The minimum atomic E-state index is -5.19. The van der Waals surface area contributed by atoms with E-state index in [1.807, 2.05) is 66.3 Å². The molecule has 0 unspecified atom stereocenters. The second-order valence-electron chi connectivity index (χ2n) is 22.6. The molecule has 2 fully saturated rings. The first-order chi connectivity index (χ1) is 44.8. The number of carbonyl (C=O) groups is 9. The summed E-state index contributed by atoms with van der Waals surface area (Å²) in [6.45, 7) is 6.17. The van der Waals surface area contributed by atoms with Crippen LogP contribution in [0.1, 0.15) is 121 Å². The normalized spacial score (nSPS) is 17.7. The van der Waals surface area contributed by atoms with E-state index >= 15 is 0 Å². The molecule has 3 amide bonds. The Bertz CT molecular complexity index is 3350. The summed E-state index contributed by atoms with van der Waals surface area (Å²) in [4.78, 5) is 117. The second-order valence-corrected chi connectivity index (χ2v) is 22.6. The van der Waals surface area contributed by atoms with Crippen LogP contribution in [0.25, 0.3) is 11.1 Å². The van der Waals surface area contributed by atoms with Crippen LogP contribution >= 0.6 is 0 Å². The summed E-state index contributed by atoms with van der Waals surface area (Å²) >= 11 is 0. The number of nitriles is 1. The van der Waals surface area contributed by atoms with Crippen LogP contribution in [-0.4, -0.2) is 148 Å². The van der Waals surface area contributed by atoms with Crippen LogP contribution in [0.4, 0.5) is 29.3 Å². The Hall–Kier alpha value is -9.85. The number of unbranched alkanes of at least 4 members (excludes halogenated alkanes) is 4. The maximum Gasteiger partial charge on any atom is 0.430 e. The summed E-state index contributed by atoms with van der Waals surface area (Å²) in [7, 11) is 2.89. The molecular formula is C65H77F3N8O18. The van der Waals surface area contributed by atoms with Gasteiger partial charge in [-0.1, -0.05) is 80.6 Å². The highest BCUT2D eigenvalue weighted by Gasteiger charge is 2.56. The summed E-state index contributed by atoms with van der Waals surface area (Å²) < 4.78 is 78.2. The molecule has 506 valence electrons. The van der Waals surface area contributed by atoms with Crippen molar-refractivity contribution < 1.29 is 104 Å². The van der Waals surface area contributed by atoms with Gasteiger partial charge >= 0.3 is 42.1 Å². The smallest absolute Gasteiger partial charge is 0.430 e. The fourth-order valence-electron chi connectivity index (χ4n) is 11.1. The number of halogens is 3. The van der Waals surface area contributed by atoms with Gasteiger partial charge in [0.25, 0.3) is 0 Å². The predicted octanol–water partition coefficient (Wildman–Crippen LogP) is 6.02. The van der Waals surface area contributed by atoms with E-state index in [1.54, 1.807) is 41.6 Å². The van der Waals surface area contributed by atoms with Crippen molar-refractivity contribution in [1.82, 2.24) is 15.5 Å². The van der Waals surface area contributed by atoms with Crippen molar-refractivity contribution in [3.05, 3.63) is 108 Å². The topological polar surface area (TPSA) is 342 Å². The zero-order valence-electron chi connectivity index (χ0n) is 52.9. The molecular weight excluding hydrogens is 1240 g/mol. The molecule has 1 aromatic heterocycles. The van der Waals surface area contributed by atoms with Crippen molar-refractivity contribution in [2.45, 2.75) is 148 Å². The number of ether oxygens (including phenoxy) is 8. The number of amides is 3. The van der Waals surface area contributed by atoms with E-state index in [2.05, 4.69) is 26.3 Å². The van der Waals surface area contributed by atoms with Gasteiger partial charge < -0.3 is 68.6 Å². The van der Waals surface area contributed by atoms with Gasteiger partial charge in [-0.2, -0.15) is 18.4 Å². The molecule has 3 aromatic carbocycles. The minimum Gasteiger partial charge on any atom is -0.542 e. The summed E-state index contributed by atoms with van der Waals surface area (Å²) in [5.41, 5.74) is 5.40. The number of nitrogens with zero attached hydrogens (tertiary/aromatic N) is 4. The van der Waals surface area contributed by atoms with E-state index < -0.39 is 78.7 Å². The number of anilines is 2. The van der Waals surface area contributed by atoms with Crippen LogP contribution in [0.5, 0.6) is 5.75 Å². The monoisotopic (exact) mass is 1310 g/mol. The first kappa shape index (κ1) is 73.2. The number of benzene rings is 3. The number of esters is 5. The number of hydrogen-bond donors (Lipinski definition) is 4. The van der Waals surface area contributed by atoms with Gasteiger partial charge in [-0.05, 0) is 66.1 Å². The summed E-state index contributed by atoms with van der Waals surface area (Å²) in [5, 5.41) is 29.5. The maximum absolute atomic E-state index is 13.8. The van der Waals surface area contributed by atoms with Gasteiger partial charge in [0.05, 0.1) is 25.1 Å². The molecule has 1 saturated heterocycles. The standard InChI is InChI=1S/C63H76N8O16.C2HF3O2/c1-40(72)82-38-63(28-15-16-29-63)37-70(5)54(77)22-10-8-7-9-17-30-65-61(67-39-64)68-45-26-32-71(33-27-45)35-44-23-24-52(86-60-58(85-43(4)75)56(84-42(3)74)55(83-41(2)73)57(87-60)59(78)80-6)51(34-44)69-53(76)25-31-66-62(79)81-36-50-48-20-13-11-18-46(48)47-19-12-14-21-49(47)50;3-2(4,5)1(6)7/h11-14,18-21,23-24,26-27,32-34,50,55-58,60H,7-10,15-17,22,25,28-31,35-38H2,1-6H3,(H3,65,66,67,69,76,79);(H,6,7)/t55-,56-,57-,58+,60+;/m0./s1. The molecule has 0 radical (unpaired) electrons. The van der Waals surface area contributed by atoms with Gasteiger partial charge in [0.1, 0.15) is 18.3 Å². The van der Waals surface area contributed by atoms with Crippen LogP contribution < -0.4 is 35.7 Å². The van der Waals surface area contributed by atoms with Crippen molar-refractivity contribution in [2.75, 3.05) is 57.6 Å². The number of rotatable bonds is 27. The number of pyridine rings is 1. The number of fused-ring (bicyclic) bond motifs is 3. The lowest BCUT2D eigenvalue weighted by Gasteiger charge is -2.43. The third kappa shape index (κ3) is 22.2. The van der Waals surface area contributed by atoms with Crippen molar-refractivity contribution in [1.29, 1.82) is 5.26 Å². The number of nitrogens with one attached hydrogen (secondary N) is 4. The zero-order chi connectivity index (χ0) is 68.5. The van der Waals surface area contributed by atoms with Gasteiger partial charge in [0.2, 0.25) is 30.2 Å². The molecule has 2 aliphatic carbocycles. The molecule has 1 saturated carbocycles. The van der Waals surface area contributed by atoms with Gasteiger partial charge in [-0.3, -0.25) is 39.1 Å². The molecule has 2 heterocycles. The van der Waals surface area contributed by atoms with Crippen molar-refractivity contribution in [3.8, 4) is 23.1 Å². The maximum atomic E-state index is 13.8. The minimum absolute atomic E-state index is 0.0605. The summed E-state index contributed by atoms with van der Waals surface area (Å²) in [6.07, 6.45) is -0.413. The molecule has 0 spiro atoms. The van der Waals surface area contributed by atoms with Gasteiger partial charge in [0.15, 0.2) is 43.4 Å². The van der Waals surface area contributed by atoms with Gasteiger partial charge in [0, 0.05) is 96.2 Å². The lowest BCUT2D eigenvalue weighted by atomic mass is 9.86. The molecule has 0 bridgehead atoms. The molecule has 5 atom stereocenters. The molecule has 26 nitrogen and oxygen atoms in total. The first-order valence-electron chi connectivity index (χ1n) is 30.3. The zero-order valence-corrected chi connectivity index (χ0v) is 52.9. The fourth-order valence-corrected chi connectivity index (χ4v) is 11.1. The Balaban J connectivity index is 0.00000189. The van der Waals surface area contributed by atoms with E-state index in [4.69, 9.17) is 47.8 Å². The van der Waals surface area contributed by atoms with E-state index in [1.165, 1.54) is 13.0 Å². The molecule has 4 N–H and O–H groups in total. The van der Waals surface area contributed by atoms with E-state index in [9.17, 15) is 56.8 Å². The van der Waals surface area contributed by atoms with Crippen molar-refractivity contribution in [3.63, 3.8) is 0 Å². The lowest BCUT2D eigenvalue weighted by molar-refractivity contribution is -0.688. The van der Waals surface area contributed by atoms with Crippen LogP contribution in [0.15, 0.2) is 96.2 Å². The van der Waals surface area contributed by atoms with E-state index in [0.717, 1.165) is 108 Å². The Morgan fingerprint density at radius 1 is 0.766 bits per heavy atom. The average Bonchev–Trinajstić information content (AvgIpc) is 1.08. The number of hydrogen-bond acceptors (Lipinski definition) is 20. The number of carbonyl (C=O) groups excluding carboxylic acids is 9. The summed E-state index contributed by atoms with van der Waals surface area (Å²) in [6, 6.07) is 24.2. The Labute approximate surface area is 540 Å². The number of aliphatic imine (C=N–C) groups is 1. The van der Waals surface area contributed by atoms with Crippen LogP contribution in [-0.2, 0) is 78.1 Å². The molecule has 4 aromatic rings. The summed E-state index contributed by atoms with van der Waals surface area (Å²) in [5.74, 6) is -7.45. The third-order valence-electron chi connectivity index (χ3n) is 15.3. The van der Waals surface area contributed by atoms with Crippen molar-refractivity contribution >= 4 is 71.1 Å². The highest BCUT2D eigenvalue weighted by molar-refractivity contribution is 5.94. The number of methoxy groups -OCH3 is 1. The largest absolute Gasteiger partial charge is 0.542 e. The number of carboxylic acids is 1. The SMILES string of the molecule is COC(=O)[C@H]1O[C@@H](Oc2ccc(C[n+]3ccc(NC(=NCCCCCCCC(=O)N(C)CC4(COC(C)=O)CCCC4)NC#N)cc3)cc2NC(=O)CCNC(=O)OCC2c3ccccc3-c3ccccc32)[C@H](OC(C)=O)[C@@H](OC(C)=O)[C@@H]1OC(C)=O.O=C([O-])C(F)(F)F. The van der Waals surface area contributed by atoms with Crippen molar-refractivity contribution in [2.24, 2.45) is 10.4 Å². The molecule has 3 aliphatic rings. The fraction of sp³-hybridized carbons (Fsp3) is 0.477. The highest BCUT2D eigenvalue weighted by Crippen LogP contribution is 2.45. The van der Waals surface area contributed by atoms with Crippen LogP contribution in [0.3, 0.4) is 0 Å². The number of aromatic nitrogens is 1. The van der Waals surface area contributed by atoms with Crippen LogP contribution in [0.2, 0.25) is 0 Å². The quantitative estimate of drug-likeness (QED) is 0.00774. The highest BCUT2D eigenvalue weighted by atomic mass is 19.4. The second kappa shape index (κ2) is 35.3. The number of carboxylic acid groups (broad SMARTS) is 1. The Kier molecular flexibility index (Phi) is 27.5. The predicted molar refractivity (Wildman–Crippen MR) is 325 cm³/mol. The molecule has 94 heavy (non-hydrogen) atoms. The van der Waals surface area contributed by atoms with Crippen LogP contribution in [0, 0.1) is 16.9 Å². The number of alkyl halides is 3. The molecule has 7 rings (SSSR count). The lowest BCUT2D eigenvalue weighted by Crippen LogP contribution is -2.64. The van der Waals surface area contributed by atoms with E-state index in [-0.39, 0.29) is 66.7 Å². The molecule has 29 heteroatoms. The number of guanidine groups is 1. The number of aliphatic carboxylic acids is 1. The van der Waals surface area contributed by atoms with E-state index in [0.29, 0.717) is 37.4 Å². The average molecular weight is 1320 g/mol. The van der Waals surface area contributed by atoms with Gasteiger partial charge in [-0.15, -0.1) is 0 Å². The Morgan fingerprint density at radius 2 is 1.36 bits per heavy atom. The molecule has 1 aliphatic heterocycles. The Morgan fingerprint density at radius 3 is 1.96 bits per heavy atom. The third-order valence-corrected chi connectivity index (χ3v) is 15.3. The van der Waals surface area contributed by atoms with Gasteiger partial charge in [-0.25, -0.2) is 14.2 Å². The first-order valence-corrected chi connectivity index (χ1v) is 30.3.